The van der Waals surface area contributed by atoms with Crippen LogP contribution in [-0.2, 0) is 44.8 Å². The second-order valence-electron chi connectivity index (χ2n) is 14.8. The maximum Gasteiger partial charge on any atom is 0.245 e. The molecule has 0 aromatic carbocycles. The Morgan fingerprint density at radius 1 is 0.742 bits per heavy atom. The molecule has 1 heterocycles. The Morgan fingerprint density at radius 2 is 1.24 bits per heavy atom. The van der Waals surface area contributed by atoms with Gasteiger partial charge < -0.3 is 85.0 Å². The van der Waals surface area contributed by atoms with Crippen molar-refractivity contribution in [1.29, 1.82) is 10.8 Å². The number of guanidine groups is 2. The van der Waals surface area contributed by atoms with E-state index >= 15 is 0 Å². The molecule has 0 unspecified atom stereocenters. The van der Waals surface area contributed by atoms with Gasteiger partial charge in [0, 0.05) is 25.7 Å². The number of H-pyrrole nitrogens is 1. The number of hydrogen-bond acceptors (Lipinski definition) is 14. The third-order valence-corrected chi connectivity index (χ3v) is 9.00. The second kappa shape index (κ2) is 28.2. The van der Waals surface area contributed by atoms with Gasteiger partial charge in [0.15, 0.2) is 11.9 Å². The predicted octanol–water partition coefficient (Wildman–Crippen LogP) is -6.53. The van der Waals surface area contributed by atoms with Gasteiger partial charge in [0.2, 0.25) is 41.4 Å². The number of rotatable bonds is 30. The lowest BCUT2D eigenvalue weighted by atomic mass is 10.0. The highest BCUT2D eigenvalue weighted by atomic mass is 16.3. The lowest BCUT2D eigenvalue weighted by Gasteiger charge is -2.28. The van der Waals surface area contributed by atoms with Crippen LogP contribution in [0.5, 0.6) is 0 Å². The van der Waals surface area contributed by atoms with Gasteiger partial charge in [0.05, 0.1) is 43.2 Å². The van der Waals surface area contributed by atoms with E-state index in [1.165, 1.54) is 12.5 Å². The van der Waals surface area contributed by atoms with Crippen molar-refractivity contribution < 1.29 is 48.6 Å². The van der Waals surface area contributed by atoms with Crippen LogP contribution in [0.4, 0.5) is 0 Å². The fourth-order valence-corrected chi connectivity index (χ4v) is 5.82. The van der Waals surface area contributed by atoms with Crippen LogP contribution >= 0.6 is 0 Å². The van der Waals surface area contributed by atoms with Crippen molar-refractivity contribution in [1.82, 2.24) is 57.8 Å². The van der Waals surface area contributed by atoms with Crippen molar-refractivity contribution >= 4 is 59.6 Å². The SMILES string of the molecule is CN[C@@H](CCCNC(=N)N)C(=O)N[C@@H](CC(C)C)C(=O)N[C@@H](Cc1c[nH]cn1)C(=O)N[C@@H](CO)C(=O)N[C@H](C(=O)N[C@@H](CCCNC(=N)N)C(=O)N[C@H](C=O)CC(N)=O)[C@@H](C)O. The highest BCUT2D eigenvalue weighted by Crippen LogP contribution is 2.09. The number of nitrogens with two attached hydrogens (primary N) is 3. The number of carbonyl (C=O) groups excluding carboxylic acids is 8. The summed E-state index contributed by atoms with van der Waals surface area (Å²) in [6.07, 6.45) is 1.71. The molecule has 0 spiro atoms. The van der Waals surface area contributed by atoms with Crippen molar-refractivity contribution in [3.05, 3.63) is 18.2 Å². The minimum Gasteiger partial charge on any atom is -0.394 e. The summed E-state index contributed by atoms with van der Waals surface area (Å²) in [6, 6.07) is -9.53. The number of aliphatic hydroxyl groups excluding tert-OH is 2. The van der Waals surface area contributed by atoms with E-state index in [-0.39, 0.29) is 56.4 Å². The maximum absolute atomic E-state index is 13.8. The molecule has 0 fully saturated rings. The van der Waals surface area contributed by atoms with E-state index in [2.05, 4.69) is 57.8 Å². The van der Waals surface area contributed by atoms with Crippen LogP contribution in [0, 0.1) is 16.7 Å². The average Bonchev–Trinajstić information content (AvgIpc) is 3.71. The van der Waals surface area contributed by atoms with Crippen LogP contribution in [0.3, 0.4) is 0 Å². The number of nitrogens with one attached hydrogen (secondary N) is 12. The molecule has 20 N–H and O–H groups in total. The van der Waals surface area contributed by atoms with E-state index in [1.54, 1.807) is 7.05 Å². The Balaban J connectivity index is 3.25. The molecule has 0 aliphatic rings. The molecule has 0 saturated carbocycles. The minimum absolute atomic E-state index is 0.0926. The molecule has 0 saturated heterocycles. The number of imidazole rings is 1. The Morgan fingerprint density at radius 3 is 1.73 bits per heavy atom. The van der Waals surface area contributed by atoms with Crippen LogP contribution < -0.4 is 65.1 Å². The number of amides is 7. The quantitative estimate of drug-likeness (QED) is 0.0148. The fraction of sp³-hybridized carbons (Fsp3) is 0.639. The molecular weight excluding hydrogens is 816 g/mol. The van der Waals surface area contributed by atoms with E-state index in [9.17, 15) is 48.6 Å². The number of aliphatic hydroxyl groups is 2. The van der Waals surface area contributed by atoms with E-state index in [0.717, 1.165) is 6.92 Å². The summed E-state index contributed by atoms with van der Waals surface area (Å²) in [6.45, 7) is 4.21. The number of primary amides is 1. The van der Waals surface area contributed by atoms with Crippen molar-refractivity contribution in [3.63, 3.8) is 0 Å². The van der Waals surface area contributed by atoms with E-state index in [1.807, 2.05) is 13.8 Å². The molecule has 7 amide bonds. The van der Waals surface area contributed by atoms with Crippen LogP contribution in [0.15, 0.2) is 12.5 Å². The Labute approximate surface area is 358 Å². The molecule has 62 heavy (non-hydrogen) atoms. The highest BCUT2D eigenvalue weighted by molar-refractivity contribution is 5.97. The normalized spacial score (nSPS) is 14.8. The van der Waals surface area contributed by atoms with Gasteiger partial charge in [-0.15, -0.1) is 0 Å². The van der Waals surface area contributed by atoms with Crippen LogP contribution in [-0.4, -0.2) is 155 Å². The van der Waals surface area contributed by atoms with Gasteiger partial charge in [-0.25, -0.2) is 4.98 Å². The molecule has 8 atom stereocenters. The van der Waals surface area contributed by atoms with Crippen molar-refractivity contribution in [2.24, 2.45) is 23.1 Å². The van der Waals surface area contributed by atoms with Crippen LogP contribution in [0.25, 0.3) is 0 Å². The molecular formula is C36H64N16O10. The molecule has 0 aliphatic heterocycles. The lowest BCUT2D eigenvalue weighted by molar-refractivity contribution is -0.137. The first-order valence-corrected chi connectivity index (χ1v) is 19.9. The van der Waals surface area contributed by atoms with Crippen molar-refractivity contribution in [2.75, 3.05) is 26.7 Å². The first-order chi connectivity index (χ1) is 29.2. The first kappa shape index (κ1) is 53.6. The first-order valence-electron chi connectivity index (χ1n) is 19.9. The summed E-state index contributed by atoms with van der Waals surface area (Å²) in [4.78, 5) is 111. The van der Waals surface area contributed by atoms with E-state index < -0.39 is 103 Å². The number of aromatic amines is 1. The molecule has 0 bridgehead atoms. The molecule has 0 aliphatic carbocycles. The second-order valence-corrected chi connectivity index (χ2v) is 14.8. The molecule has 1 aromatic heterocycles. The lowest BCUT2D eigenvalue weighted by Crippen LogP contribution is -2.62. The number of hydrogen-bond donors (Lipinski definition) is 17. The summed E-state index contributed by atoms with van der Waals surface area (Å²) < 4.78 is 0. The summed E-state index contributed by atoms with van der Waals surface area (Å²) in [5.74, 6) is -6.93. The predicted molar refractivity (Wildman–Crippen MR) is 223 cm³/mol. The van der Waals surface area contributed by atoms with Gasteiger partial charge in [-0.1, -0.05) is 13.8 Å². The number of aromatic nitrogens is 2. The average molecular weight is 881 g/mol. The molecule has 348 valence electrons. The van der Waals surface area contributed by atoms with Gasteiger partial charge in [0.1, 0.15) is 36.5 Å². The summed E-state index contributed by atoms with van der Waals surface area (Å²) in [5, 5.41) is 58.0. The minimum atomic E-state index is -1.78. The number of nitrogens with zero attached hydrogens (tertiary/aromatic N) is 1. The zero-order chi connectivity index (χ0) is 46.9. The van der Waals surface area contributed by atoms with Crippen LogP contribution in [0.1, 0.15) is 65.0 Å². The highest BCUT2D eigenvalue weighted by Gasteiger charge is 2.35. The fourth-order valence-electron chi connectivity index (χ4n) is 5.82. The third kappa shape index (κ3) is 20.7. The Hall–Kier alpha value is -6.41. The topological polar surface area (TPSA) is 440 Å². The van der Waals surface area contributed by atoms with Gasteiger partial charge in [0.25, 0.3) is 0 Å². The smallest absolute Gasteiger partial charge is 0.245 e. The standard InChI is InChI=1S/C36H64N16O10/c1-18(2)11-24(49-29(57)22(42-4)7-5-9-44-35(38)39)31(59)50-25(12-20-14-43-17-46-20)32(60)51-26(16-54)33(61)52-28(19(3)55)34(62)48-23(8-6-10-45-36(40)41)30(58)47-21(15-53)13-27(37)56/h14-15,17-19,21-26,28,42,54-55H,5-13,16H2,1-4H3,(H2,37,56)(H,43,46)(H,47,58)(H,48,62)(H,49,57)(H,50,59)(H,51,60)(H,52,61)(H4,38,39,44)(H4,40,41,45)/t19-,21+,22+,23+,24+,25+,26+,28+/m1/s1. The Kier molecular flexibility index (Phi) is 24.4. The molecule has 1 rings (SSSR count). The Bertz CT molecular complexity index is 1660. The number of likely N-dealkylation sites (N-methyl/N-ethyl adjacent to an activating group) is 1. The molecule has 26 heteroatoms. The third-order valence-electron chi connectivity index (χ3n) is 9.00. The number of carbonyl (C=O) groups is 8. The molecule has 26 nitrogen and oxygen atoms in total. The van der Waals surface area contributed by atoms with Gasteiger partial charge in [-0.2, -0.15) is 0 Å². The van der Waals surface area contributed by atoms with E-state index in [0.29, 0.717) is 25.1 Å². The van der Waals surface area contributed by atoms with E-state index in [4.69, 9.17) is 28.0 Å². The van der Waals surface area contributed by atoms with Gasteiger partial charge in [-0.05, 0) is 52.0 Å². The summed E-state index contributed by atoms with van der Waals surface area (Å²) in [7, 11) is 1.57. The molecule has 0 radical (unpaired) electrons. The monoisotopic (exact) mass is 880 g/mol. The zero-order valence-corrected chi connectivity index (χ0v) is 35.3. The van der Waals surface area contributed by atoms with Crippen molar-refractivity contribution in [2.45, 2.75) is 114 Å². The summed E-state index contributed by atoms with van der Waals surface area (Å²) >= 11 is 0. The van der Waals surface area contributed by atoms with Crippen LogP contribution in [0.2, 0.25) is 0 Å². The van der Waals surface area contributed by atoms with Crippen molar-refractivity contribution in [3.8, 4) is 0 Å². The van der Waals surface area contributed by atoms with Gasteiger partial charge in [-0.3, -0.25) is 44.4 Å². The number of aldehydes is 1. The van der Waals surface area contributed by atoms with Gasteiger partial charge >= 0.3 is 0 Å². The maximum atomic E-state index is 13.8. The summed E-state index contributed by atoms with van der Waals surface area (Å²) in [5.41, 5.74) is 16.1. The largest absolute Gasteiger partial charge is 0.394 e. The zero-order valence-electron chi connectivity index (χ0n) is 35.3. The molecule has 1 aromatic rings.